The van der Waals surface area contributed by atoms with Gasteiger partial charge in [-0.25, -0.2) is 0 Å². The van der Waals surface area contributed by atoms with Crippen LogP contribution < -0.4 is 5.32 Å². The van der Waals surface area contributed by atoms with Crippen molar-refractivity contribution in [3.8, 4) is 0 Å². The van der Waals surface area contributed by atoms with Crippen LogP contribution in [0.5, 0.6) is 0 Å². The highest BCUT2D eigenvalue weighted by atomic mass is 35.5. The van der Waals surface area contributed by atoms with Gasteiger partial charge >= 0.3 is 0 Å². The maximum atomic E-state index is 12.0. The molecule has 1 N–H and O–H groups in total. The van der Waals surface area contributed by atoms with Crippen molar-refractivity contribution in [3.63, 3.8) is 0 Å². The predicted octanol–water partition coefficient (Wildman–Crippen LogP) is 4.47. The molecule has 0 saturated heterocycles. The summed E-state index contributed by atoms with van der Waals surface area (Å²) in [5.74, 6) is 0.0193. The Hall–Kier alpha value is -1.80. The molecule has 0 unspecified atom stereocenters. The summed E-state index contributed by atoms with van der Waals surface area (Å²) in [6.45, 7) is 2.08. The van der Waals surface area contributed by atoms with Crippen molar-refractivity contribution in [2.24, 2.45) is 0 Å². The molecule has 3 heteroatoms. The smallest absolute Gasteiger partial charge is 0.224 e. The van der Waals surface area contributed by atoms with Gasteiger partial charge in [0.05, 0.1) is 0 Å². The van der Waals surface area contributed by atoms with Gasteiger partial charge in [0.2, 0.25) is 5.91 Å². The molecule has 0 aromatic heterocycles. The minimum absolute atomic E-state index is 0.0193. The van der Waals surface area contributed by atoms with Crippen LogP contribution in [0.15, 0.2) is 48.5 Å². The lowest BCUT2D eigenvalue weighted by Gasteiger charge is -2.10. The van der Waals surface area contributed by atoms with E-state index in [1.165, 1.54) is 0 Å². The zero-order valence-electron chi connectivity index (χ0n) is 11.5. The molecule has 0 aliphatic heterocycles. The van der Waals surface area contributed by atoms with Gasteiger partial charge in [-0.3, -0.25) is 4.79 Å². The predicted molar refractivity (Wildman–Crippen MR) is 84.2 cm³/mol. The van der Waals surface area contributed by atoms with Crippen LogP contribution in [-0.4, -0.2) is 5.91 Å². The number of halogens is 1. The standard InChI is InChI=1S/C17H18ClNO/c1-2-13-7-4-6-10-16(13)19-17(20)12-11-14-8-3-5-9-15(14)18/h3-10H,2,11-12H2,1H3,(H,19,20). The van der Waals surface area contributed by atoms with E-state index in [1.807, 2.05) is 48.5 Å². The first-order chi connectivity index (χ1) is 9.70. The van der Waals surface area contributed by atoms with Crippen molar-refractivity contribution < 1.29 is 4.79 Å². The largest absolute Gasteiger partial charge is 0.326 e. The summed E-state index contributed by atoms with van der Waals surface area (Å²) < 4.78 is 0. The van der Waals surface area contributed by atoms with E-state index in [-0.39, 0.29) is 5.91 Å². The van der Waals surface area contributed by atoms with E-state index in [9.17, 15) is 4.79 Å². The van der Waals surface area contributed by atoms with E-state index >= 15 is 0 Å². The van der Waals surface area contributed by atoms with Crippen LogP contribution in [0.1, 0.15) is 24.5 Å². The summed E-state index contributed by atoms with van der Waals surface area (Å²) in [6.07, 6.45) is 1.99. The van der Waals surface area contributed by atoms with Gasteiger partial charge in [0, 0.05) is 17.1 Å². The van der Waals surface area contributed by atoms with Crippen molar-refractivity contribution in [1.29, 1.82) is 0 Å². The second kappa shape index (κ2) is 7.11. The second-order valence-electron chi connectivity index (χ2n) is 4.65. The zero-order valence-corrected chi connectivity index (χ0v) is 12.3. The summed E-state index contributed by atoms with van der Waals surface area (Å²) in [7, 11) is 0. The Labute approximate surface area is 124 Å². The van der Waals surface area contributed by atoms with Crippen molar-refractivity contribution in [1.82, 2.24) is 0 Å². The van der Waals surface area contributed by atoms with Crippen LogP contribution in [0.3, 0.4) is 0 Å². The number of benzene rings is 2. The second-order valence-corrected chi connectivity index (χ2v) is 5.06. The molecule has 2 aromatic carbocycles. The molecule has 104 valence electrons. The summed E-state index contributed by atoms with van der Waals surface area (Å²) in [4.78, 5) is 12.0. The number of nitrogens with one attached hydrogen (secondary N) is 1. The van der Waals surface area contributed by atoms with Gasteiger partial charge in [0.15, 0.2) is 0 Å². The van der Waals surface area contributed by atoms with Gasteiger partial charge in [-0.1, -0.05) is 54.9 Å². The molecule has 2 rings (SSSR count). The zero-order chi connectivity index (χ0) is 14.4. The first-order valence-electron chi connectivity index (χ1n) is 6.82. The number of carbonyl (C=O) groups is 1. The molecular weight excluding hydrogens is 270 g/mol. The van der Waals surface area contributed by atoms with Crippen LogP contribution in [0.25, 0.3) is 0 Å². The highest BCUT2D eigenvalue weighted by molar-refractivity contribution is 6.31. The number of para-hydroxylation sites is 1. The molecule has 0 radical (unpaired) electrons. The van der Waals surface area contributed by atoms with E-state index < -0.39 is 0 Å². The van der Waals surface area contributed by atoms with Crippen LogP contribution in [0, 0.1) is 0 Å². The summed E-state index contributed by atoms with van der Waals surface area (Å²) in [5.41, 5.74) is 3.06. The molecule has 2 aromatic rings. The average Bonchev–Trinajstić information content (AvgIpc) is 2.47. The third-order valence-electron chi connectivity index (χ3n) is 3.25. The Morgan fingerprint density at radius 2 is 1.70 bits per heavy atom. The van der Waals surface area contributed by atoms with Gasteiger partial charge in [-0.2, -0.15) is 0 Å². The fraction of sp³-hybridized carbons (Fsp3) is 0.235. The molecule has 20 heavy (non-hydrogen) atoms. The highest BCUT2D eigenvalue weighted by Crippen LogP contribution is 2.18. The monoisotopic (exact) mass is 287 g/mol. The van der Waals surface area contributed by atoms with Crippen LogP contribution in [0.4, 0.5) is 5.69 Å². The topological polar surface area (TPSA) is 29.1 Å². The lowest BCUT2D eigenvalue weighted by Crippen LogP contribution is -2.13. The Kier molecular flexibility index (Phi) is 5.19. The maximum absolute atomic E-state index is 12.0. The molecule has 2 nitrogen and oxygen atoms in total. The first kappa shape index (κ1) is 14.6. The van der Waals surface area contributed by atoms with E-state index in [0.29, 0.717) is 17.9 Å². The number of hydrogen-bond acceptors (Lipinski definition) is 1. The SMILES string of the molecule is CCc1ccccc1NC(=O)CCc1ccccc1Cl. The summed E-state index contributed by atoms with van der Waals surface area (Å²) in [5, 5.41) is 3.69. The van der Waals surface area contributed by atoms with Crippen LogP contribution in [0.2, 0.25) is 5.02 Å². The first-order valence-corrected chi connectivity index (χ1v) is 7.19. The van der Waals surface area contributed by atoms with E-state index in [4.69, 9.17) is 11.6 Å². The van der Waals surface area contributed by atoms with Gasteiger partial charge < -0.3 is 5.32 Å². The number of carbonyl (C=O) groups excluding carboxylic acids is 1. The van der Waals surface area contributed by atoms with E-state index in [2.05, 4.69) is 12.2 Å². The number of rotatable bonds is 5. The average molecular weight is 288 g/mol. The molecule has 0 saturated carbocycles. The number of amides is 1. The molecule has 0 atom stereocenters. The Morgan fingerprint density at radius 3 is 2.40 bits per heavy atom. The van der Waals surface area contributed by atoms with Crippen LogP contribution >= 0.6 is 11.6 Å². The molecule has 0 fully saturated rings. The molecule has 0 spiro atoms. The third-order valence-corrected chi connectivity index (χ3v) is 3.62. The number of hydrogen-bond donors (Lipinski definition) is 1. The lowest BCUT2D eigenvalue weighted by molar-refractivity contribution is -0.116. The van der Waals surface area contributed by atoms with Gasteiger partial charge in [0.25, 0.3) is 0 Å². The molecule has 0 aliphatic carbocycles. The fourth-order valence-corrected chi connectivity index (χ4v) is 2.34. The van der Waals surface area contributed by atoms with E-state index in [0.717, 1.165) is 23.2 Å². The molecule has 0 bridgehead atoms. The van der Waals surface area contributed by atoms with Gasteiger partial charge in [0.1, 0.15) is 0 Å². The van der Waals surface area contributed by atoms with Crippen LogP contribution in [-0.2, 0) is 17.6 Å². The number of anilines is 1. The Bertz CT molecular complexity index is 595. The Balaban J connectivity index is 1.95. The fourth-order valence-electron chi connectivity index (χ4n) is 2.11. The van der Waals surface area contributed by atoms with Crippen molar-refractivity contribution in [2.75, 3.05) is 5.32 Å². The maximum Gasteiger partial charge on any atom is 0.224 e. The quantitative estimate of drug-likeness (QED) is 0.863. The summed E-state index contributed by atoms with van der Waals surface area (Å²) >= 11 is 6.08. The van der Waals surface area contributed by atoms with Gasteiger partial charge in [-0.15, -0.1) is 0 Å². The van der Waals surface area contributed by atoms with Crippen molar-refractivity contribution in [2.45, 2.75) is 26.2 Å². The highest BCUT2D eigenvalue weighted by Gasteiger charge is 2.07. The van der Waals surface area contributed by atoms with E-state index in [1.54, 1.807) is 0 Å². The summed E-state index contributed by atoms with van der Waals surface area (Å²) in [6, 6.07) is 15.5. The molecule has 1 amide bonds. The lowest BCUT2D eigenvalue weighted by atomic mass is 10.1. The molecular formula is C17H18ClNO. The van der Waals surface area contributed by atoms with Crippen molar-refractivity contribution >= 4 is 23.2 Å². The number of aryl methyl sites for hydroxylation is 2. The minimum atomic E-state index is 0.0193. The normalized spacial score (nSPS) is 10.3. The molecule has 0 aliphatic rings. The van der Waals surface area contributed by atoms with Crippen molar-refractivity contribution in [3.05, 3.63) is 64.7 Å². The minimum Gasteiger partial charge on any atom is -0.326 e. The third kappa shape index (κ3) is 3.84. The van der Waals surface area contributed by atoms with Gasteiger partial charge in [-0.05, 0) is 36.1 Å². The molecule has 0 heterocycles. The Morgan fingerprint density at radius 1 is 1.05 bits per heavy atom.